The van der Waals surface area contributed by atoms with Crippen molar-refractivity contribution in [2.75, 3.05) is 13.1 Å². The van der Waals surface area contributed by atoms with E-state index in [1.54, 1.807) is 6.33 Å². The minimum atomic E-state index is -0.314. The van der Waals surface area contributed by atoms with Gasteiger partial charge < -0.3 is 14.8 Å². The van der Waals surface area contributed by atoms with Gasteiger partial charge in [0.15, 0.2) is 0 Å². The molecule has 1 N–H and O–H groups in total. The van der Waals surface area contributed by atoms with Crippen LogP contribution in [0.15, 0.2) is 12.5 Å². The highest BCUT2D eigenvalue weighted by Crippen LogP contribution is 2.24. The van der Waals surface area contributed by atoms with Gasteiger partial charge in [0.2, 0.25) is 11.8 Å². The average molecular weight is 304 g/mol. The van der Waals surface area contributed by atoms with Gasteiger partial charge in [0.1, 0.15) is 6.04 Å². The number of rotatable bonds is 3. The van der Waals surface area contributed by atoms with Gasteiger partial charge in [-0.2, -0.15) is 0 Å². The van der Waals surface area contributed by atoms with E-state index in [9.17, 15) is 9.59 Å². The van der Waals surface area contributed by atoms with Crippen LogP contribution in [0.3, 0.4) is 0 Å². The van der Waals surface area contributed by atoms with Crippen molar-refractivity contribution < 1.29 is 9.59 Å². The molecule has 6 nitrogen and oxygen atoms in total. The van der Waals surface area contributed by atoms with Crippen molar-refractivity contribution >= 4 is 11.8 Å². The average Bonchev–Trinajstić information content (AvgIpc) is 2.95. The molecule has 6 heteroatoms. The van der Waals surface area contributed by atoms with Crippen molar-refractivity contribution in [3.8, 4) is 0 Å². The molecule has 2 amide bonds. The number of hydrogen-bond acceptors (Lipinski definition) is 3. The highest BCUT2D eigenvalue weighted by molar-refractivity contribution is 5.89. The molecular formula is C16H24N4O2. The lowest BCUT2D eigenvalue weighted by Gasteiger charge is -2.38. The molecule has 2 atom stereocenters. The van der Waals surface area contributed by atoms with Gasteiger partial charge in [0.25, 0.3) is 0 Å². The standard InChI is InChI=1S/C16H24N4O2/c1-11(2)7-14-15(21)18-5-6-20(14)16(22)12-3-4-13-8-17-10-19(13)9-12/h8,10-12,14H,3-7,9H2,1-2H3,(H,18,21). The number of carbonyl (C=O) groups is 2. The molecule has 120 valence electrons. The Morgan fingerprint density at radius 3 is 3.09 bits per heavy atom. The zero-order valence-corrected chi connectivity index (χ0v) is 13.3. The summed E-state index contributed by atoms with van der Waals surface area (Å²) in [6.07, 6.45) is 6.11. The summed E-state index contributed by atoms with van der Waals surface area (Å²) in [4.78, 5) is 31.1. The van der Waals surface area contributed by atoms with Crippen molar-refractivity contribution in [1.29, 1.82) is 0 Å². The van der Waals surface area contributed by atoms with E-state index in [1.165, 1.54) is 5.69 Å². The first-order valence-electron chi connectivity index (χ1n) is 8.13. The van der Waals surface area contributed by atoms with E-state index in [0.29, 0.717) is 25.6 Å². The van der Waals surface area contributed by atoms with E-state index in [2.05, 4.69) is 28.7 Å². The molecule has 2 aliphatic rings. The normalized spacial score (nSPS) is 25.0. The van der Waals surface area contributed by atoms with E-state index in [-0.39, 0.29) is 23.8 Å². The lowest BCUT2D eigenvalue weighted by molar-refractivity contribution is -0.147. The zero-order chi connectivity index (χ0) is 15.7. The summed E-state index contributed by atoms with van der Waals surface area (Å²) in [6.45, 7) is 6.03. The topological polar surface area (TPSA) is 67.2 Å². The highest BCUT2D eigenvalue weighted by atomic mass is 16.2. The first-order chi connectivity index (χ1) is 10.6. The summed E-state index contributed by atoms with van der Waals surface area (Å²) in [6, 6.07) is -0.314. The number of fused-ring (bicyclic) bond motifs is 1. The monoisotopic (exact) mass is 304 g/mol. The molecule has 0 aliphatic carbocycles. The molecule has 2 aliphatic heterocycles. The Morgan fingerprint density at radius 1 is 1.50 bits per heavy atom. The van der Waals surface area contributed by atoms with E-state index in [0.717, 1.165) is 19.3 Å². The second kappa shape index (κ2) is 6.10. The lowest BCUT2D eigenvalue weighted by atomic mass is 9.93. The summed E-state index contributed by atoms with van der Waals surface area (Å²) in [7, 11) is 0. The molecule has 0 bridgehead atoms. The number of piperazine rings is 1. The quantitative estimate of drug-likeness (QED) is 0.899. The van der Waals surface area contributed by atoms with Crippen LogP contribution in [0.5, 0.6) is 0 Å². The Morgan fingerprint density at radius 2 is 2.32 bits per heavy atom. The van der Waals surface area contributed by atoms with E-state index >= 15 is 0 Å². The summed E-state index contributed by atoms with van der Waals surface area (Å²) >= 11 is 0. The molecule has 3 heterocycles. The molecule has 3 rings (SSSR count). The van der Waals surface area contributed by atoms with Crippen LogP contribution in [0.4, 0.5) is 0 Å². The fourth-order valence-electron chi connectivity index (χ4n) is 3.47. The van der Waals surface area contributed by atoms with Crippen LogP contribution in [0.25, 0.3) is 0 Å². The van der Waals surface area contributed by atoms with E-state index in [4.69, 9.17) is 0 Å². The second-order valence-electron chi connectivity index (χ2n) is 6.74. The number of hydrogen-bond donors (Lipinski definition) is 1. The number of imidazole rings is 1. The van der Waals surface area contributed by atoms with Gasteiger partial charge in [-0.25, -0.2) is 4.98 Å². The number of nitrogens with one attached hydrogen (secondary N) is 1. The Labute approximate surface area is 130 Å². The minimum absolute atomic E-state index is 0.00701. The third kappa shape index (κ3) is 2.87. The summed E-state index contributed by atoms with van der Waals surface area (Å²) in [5, 5.41) is 2.89. The molecule has 1 saturated heterocycles. The first kappa shape index (κ1) is 15.1. The van der Waals surface area contributed by atoms with Crippen LogP contribution in [0.2, 0.25) is 0 Å². The molecule has 1 aromatic heterocycles. The third-order valence-electron chi connectivity index (χ3n) is 4.62. The molecule has 0 radical (unpaired) electrons. The van der Waals surface area contributed by atoms with Crippen molar-refractivity contribution in [3.05, 3.63) is 18.2 Å². The van der Waals surface area contributed by atoms with Gasteiger partial charge in [-0.15, -0.1) is 0 Å². The largest absolute Gasteiger partial charge is 0.353 e. The molecule has 22 heavy (non-hydrogen) atoms. The van der Waals surface area contributed by atoms with Crippen molar-refractivity contribution in [3.63, 3.8) is 0 Å². The lowest BCUT2D eigenvalue weighted by Crippen LogP contribution is -2.59. The maximum atomic E-state index is 12.9. The van der Waals surface area contributed by atoms with Crippen LogP contribution >= 0.6 is 0 Å². The summed E-state index contributed by atoms with van der Waals surface area (Å²) < 4.78 is 2.06. The smallest absolute Gasteiger partial charge is 0.242 e. The number of amides is 2. The molecule has 1 fully saturated rings. The van der Waals surface area contributed by atoms with Crippen molar-refractivity contribution in [2.45, 2.75) is 45.7 Å². The van der Waals surface area contributed by atoms with Gasteiger partial charge in [-0.1, -0.05) is 13.8 Å². The predicted octanol–water partition coefficient (Wildman–Crippen LogP) is 0.819. The Bertz CT molecular complexity index is 566. The SMILES string of the molecule is CC(C)CC1C(=O)NCCN1C(=O)C1CCc2cncn2C1. The summed E-state index contributed by atoms with van der Waals surface area (Å²) in [5.41, 5.74) is 1.19. The first-order valence-corrected chi connectivity index (χ1v) is 8.13. The van der Waals surface area contributed by atoms with Gasteiger partial charge >= 0.3 is 0 Å². The zero-order valence-electron chi connectivity index (χ0n) is 13.3. The Hall–Kier alpha value is -1.85. The Balaban J connectivity index is 1.74. The van der Waals surface area contributed by atoms with Crippen LogP contribution in [-0.4, -0.2) is 45.4 Å². The second-order valence-corrected chi connectivity index (χ2v) is 6.74. The molecule has 2 unspecified atom stereocenters. The van der Waals surface area contributed by atoms with Gasteiger partial charge in [-0.05, 0) is 25.2 Å². The third-order valence-corrected chi connectivity index (χ3v) is 4.62. The van der Waals surface area contributed by atoms with Crippen LogP contribution in [0.1, 0.15) is 32.4 Å². The summed E-state index contributed by atoms with van der Waals surface area (Å²) in [5.74, 6) is 0.463. The van der Waals surface area contributed by atoms with Gasteiger partial charge in [0, 0.05) is 31.5 Å². The number of carbonyl (C=O) groups excluding carboxylic acids is 2. The van der Waals surface area contributed by atoms with Crippen LogP contribution in [0, 0.1) is 11.8 Å². The van der Waals surface area contributed by atoms with E-state index in [1.807, 2.05) is 11.1 Å². The Kier molecular flexibility index (Phi) is 4.18. The van der Waals surface area contributed by atoms with Gasteiger partial charge in [0.05, 0.1) is 12.2 Å². The molecule has 0 aromatic carbocycles. The van der Waals surface area contributed by atoms with Crippen molar-refractivity contribution in [1.82, 2.24) is 19.8 Å². The van der Waals surface area contributed by atoms with Crippen molar-refractivity contribution in [2.24, 2.45) is 11.8 Å². The van der Waals surface area contributed by atoms with E-state index < -0.39 is 0 Å². The van der Waals surface area contributed by atoms with Gasteiger partial charge in [-0.3, -0.25) is 9.59 Å². The number of nitrogens with zero attached hydrogens (tertiary/aromatic N) is 3. The fraction of sp³-hybridized carbons (Fsp3) is 0.688. The highest BCUT2D eigenvalue weighted by Gasteiger charge is 2.37. The fourth-order valence-corrected chi connectivity index (χ4v) is 3.47. The maximum absolute atomic E-state index is 12.9. The van der Waals surface area contributed by atoms with Crippen LogP contribution < -0.4 is 5.32 Å². The molecule has 0 spiro atoms. The minimum Gasteiger partial charge on any atom is -0.353 e. The molecule has 1 aromatic rings. The number of aryl methyl sites for hydroxylation is 1. The molecule has 0 saturated carbocycles. The maximum Gasteiger partial charge on any atom is 0.242 e. The predicted molar refractivity (Wildman–Crippen MR) is 82.0 cm³/mol. The number of aromatic nitrogens is 2. The van der Waals surface area contributed by atoms with Crippen LogP contribution in [-0.2, 0) is 22.6 Å². The molecular weight excluding hydrogens is 280 g/mol.